The zero-order chi connectivity index (χ0) is 7.78. The third-order valence-corrected chi connectivity index (χ3v) is 2.30. The van der Waals surface area contributed by atoms with Gasteiger partial charge in [0.05, 0.1) is 5.92 Å². The molecule has 0 aliphatic heterocycles. The lowest BCUT2D eigenvalue weighted by Crippen LogP contribution is -2.43. The number of carboxylic acids is 1. The second-order valence-electron chi connectivity index (χ2n) is 3.29. The highest BCUT2D eigenvalue weighted by atomic mass is 16.4. The molecule has 0 aromatic carbocycles. The topological polar surface area (TPSA) is 63.3 Å². The minimum absolute atomic E-state index is 0.326. The molecule has 0 radical (unpaired) electrons. The fourth-order valence-electron chi connectivity index (χ4n) is 1.60. The fraction of sp³-hybridized carbons (Fsp3) is 0.857. The van der Waals surface area contributed by atoms with Gasteiger partial charge in [-0.25, -0.2) is 0 Å². The van der Waals surface area contributed by atoms with Crippen LogP contribution in [0.2, 0.25) is 0 Å². The molecule has 0 aromatic heterocycles. The van der Waals surface area contributed by atoms with Crippen molar-refractivity contribution < 1.29 is 9.90 Å². The molecule has 1 aliphatic carbocycles. The van der Waals surface area contributed by atoms with Gasteiger partial charge in [-0.1, -0.05) is 6.42 Å². The summed E-state index contributed by atoms with van der Waals surface area (Å²) < 4.78 is 0. The van der Waals surface area contributed by atoms with Crippen molar-refractivity contribution in [3.05, 3.63) is 0 Å². The Bertz CT molecular complexity index is 154. The van der Waals surface area contributed by atoms with Crippen molar-refractivity contribution >= 4 is 5.97 Å². The molecule has 0 saturated heterocycles. The normalized spacial score (nSPS) is 40.0. The molecule has 3 nitrogen and oxygen atoms in total. The number of carbonyl (C=O) groups is 1. The molecule has 58 valence electrons. The van der Waals surface area contributed by atoms with Crippen LogP contribution in [0.15, 0.2) is 0 Å². The van der Waals surface area contributed by atoms with Gasteiger partial charge in [0, 0.05) is 5.54 Å². The van der Waals surface area contributed by atoms with Crippen LogP contribution in [0.5, 0.6) is 0 Å². The highest BCUT2D eigenvalue weighted by Gasteiger charge is 2.39. The lowest BCUT2D eigenvalue weighted by atomic mass is 9.90. The highest BCUT2D eigenvalue weighted by molar-refractivity contribution is 5.72. The summed E-state index contributed by atoms with van der Waals surface area (Å²) in [6.45, 7) is 1.82. The van der Waals surface area contributed by atoms with Crippen LogP contribution in [-0.4, -0.2) is 16.6 Å². The quantitative estimate of drug-likeness (QED) is 0.564. The Kier molecular flexibility index (Phi) is 1.68. The zero-order valence-electron chi connectivity index (χ0n) is 6.13. The van der Waals surface area contributed by atoms with Gasteiger partial charge in [-0.3, -0.25) is 4.79 Å². The third kappa shape index (κ3) is 1.14. The van der Waals surface area contributed by atoms with Crippen LogP contribution in [0.3, 0.4) is 0 Å². The number of rotatable bonds is 1. The fourth-order valence-corrected chi connectivity index (χ4v) is 1.60. The Hall–Kier alpha value is -0.570. The van der Waals surface area contributed by atoms with E-state index in [9.17, 15) is 4.79 Å². The summed E-state index contributed by atoms with van der Waals surface area (Å²) >= 11 is 0. The average Bonchev–Trinajstić information content (AvgIpc) is 2.08. The lowest BCUT2D eigenvalue weighted by Gasteiger charge is -2.22. The van der Waals surface area contributed by atoms with Crippen molar-refractivity contribution in [3.8, 4) is 0 Å². The molecule has 0 heterocycles. The van der Waals surface area contributed by atoms with Gasteiger partial charge in [-0.05, 0) is 19.8 Å². The van der Waals surface area contributed by atoms with Gasteiger partial charge in [0.15, 0.2) is 0 Å². The lowest BCUT2D eigenvalue weighted by molar-refractivity contribution is -0.143. The monoisotopic (exact) mass is 143 g/mol. The Labute approximate surface area is 60.2 Å². The highest BCUT2D eigenvalue weighted by Crippen LogP contribution is 2.33. The summed E-state index contributed by atoms with van der Waals surface area (Å²) in [5, 5.41) is 8.67. The molecule has 1 saturated carbocycles. The number of carboxylic acid groups (broad SMARTS) is 1. The minimum Gasteiger partial charge on any atom is -0.481 e. The van der Waals surface area contributed by atoms with Crippen molar-refractivity contribution in [2.24, 2.45) is 11.7 Å². The summed E-state index contributed by atoms with van der Waals surface area (Å²) in [5.41, 5.74) is 5.28. The second-order valence-corrected chi connectivity index (χ2v) is 3.29. The Morgan fingerprint density at radius 3 is 2.60 bits per heavy atom. The number of hydrogen-bond acceptors (Lipinski definition) is 2. The van der Waals surface area contributed by atoms with E-state index in [2.05, 4.69) is 0 Å². The molecule has 0 spiro atoms. The van der Waals surface area contributed by atoms with E-state index in [0.29, 0.717) is 0 Å². The molecule has 1 fully saturated rings. The predicted molar refractivity (Wildman–Crippen MR) is 37.6 cm³/mol. The maximum atomic E-state index is 10.5. The summed E-state index contributed by atoms with van der Waals surface area (Å²) in [6.07, 6.45) is 2.52. The van der Waals surface area contributed by atoms with Crippen molar-refractivity contribution in [1.29, 1.82) is 0 Å². The Morgan fingerprint density at radius 1 is 1.80 bits per heavy atom. The van der Waals surface area contributed by atoms with E-state index in [0.717, 1.165) is 19.3 Å². The maximum Gasteiger partial charge on any atom is 0.308 e. The molecule has 0 bridgehead atoms. The summed E-state index contributed by atoms with van der Waals surface area (Å²) in [5.74, 6) is -1.07. The van der Waals surface area contributed by atoms with E-state index in [-0.39, 0.29) is 5.92 Å². The van der Waals surface area contributed by atoms with Crippen LogP contribution < -0.4 is 5.73 Å². The van der Waals surface area contributed by atoms with Crippen LogP contribution in [0.25, 0.3) is 0 Å². The predicted octanol–water partition coefficient (Wildman–Crippen LogP) is 0.589. The SMILES string of the molecule is C[C@@]1(N)CCCC1C(=O)O. The van der Waals surface area contributed by atoms with Crippen LogP contribution in [0.1, 0.15) is 26.2 Å². The molecule has 1 unspecified atom stereocenters. The van der Waals surface area contributed by atoms with Crippen LogP contribution >= 0.6 is 0 Å². The van der Waals surface area contributed by atoms with Gasteiger partial charge in [0.1, 0.15) is 0 Å². The minimum atomic E-state index is -0.748. The van der Waals surface area contributed by atoms with Gasteiger partial charge >= 0.3 is 5.97 Å². The standard InChI is InChI=1S/C7H13NO2/c1-7(8)4-2-3-5(7)6(9)10/h5H,2-4,8H2,1H3,(H,9,10)/t5?,7-/m1/s1. The second kappa shape index (κ2) is 2.23. The van der Waals surface area contributed by atoms with Gasteiger partial charge in [0.2, 0.25) is 0 Å². The van der Waals surface area contributed by atoms with Gasteiger partial charge in [0.25, 0.3) is 0 Å². The molecule has 2 atom stereocenters. The van der Waals surface area contributed by atoms with Crippen molar-refractivity contribution in [2.75, 3.05) is 0 Å². The molecule has 0 aromatic rings. The van der Waals surface area contributed by atoms with Crippen LogP contribution in [0, 0.1) is 5.92 Å². The maximum absolute atomic E-state index is 10.5. The van der Waals surface area contributed by atoms with Crippen molar-refractivity contribution in [2.45, 2.75) is 31.7 Å². The Balaban J connectivity index is 2.68. The smallest absolute Gasteiger partial charge is 0.308 e. The summed E-state index contributed by atoms with van der Waals surface area (Å²) in [7, 11) is 0. The third-order valence-electron chi connectivity index (χ3n) is 2.30. The molecule has 10 heavy (non-hydrogen) atoms. The molecular formula is C7H13NO2. The van der Waals surface area contributed by atoms with E-state index in [1.165, 1.54) is 0 Å². The van der Waals surface area contributed by atoms with E-state index < -0.39 is 11.5 Å². The zero-order valence-corrected chi connectivity index (χ0v) is 6.13. The van der Waals surface area contributed by atoms with Crippen molar-refractivity contribution in [1.82, 2.24) is 0 Å². The molecule has 3 N–H and O–H groups in total. The number of nitrogens with two attached hydrogens (primary N) is 1. The van der Waals surface area contributed by atoms with E-state index in [4.69, 9.17) is 10.8 Å². The van der Waals surface area contributed by atoms with Gasteiger partial charge in [-0.2, -0.15) is 0 Å². The molecule has 1 rings (SSSR count). The largest absolute Gasteiger partial charge is 0.481 e. The average molecular weight is 143 g/mol. The van der Waals surface area contributed by atoms with Crippen molar-refractivity contribution in [3.63, 3.8) is 0 Å². The van der Waals surface area contributed by atoms with E-state index in [1.807, 2.05) is 6.92 Å². The van der Waals surface area contributed by atoms with Gasteiger partial charge < -0.3 is 10.8 Å². The first-order valence-corrected chi connectivity index (χ1v) is 3.56. The molecule has 1 aliphatic rings. The molecular weight excluding hydrogens is 130 g/mol. The van der Waals surface area contributed by atoms with E-state index >= 15 is 0 Å². The number of aliphatic carboxylic acids is 1. The van der Waals surface area contributed by atoms with Gasteiger partial charge in [-0.15, -0.1) is 0 Å². The first-order chi connectivity index (χ1) is 4.54. The molecule has 0 amide bonds. The number of hydrogen-bond donors (Lipinski definition) is 2. The summed E-state index contributed by atoms with van der Waals surface area (Å²) in [4.78, 5) is 10.5. The first kappa shape index (κ1) is 7.54. The van der Waals surface area contributed by atoms with Crippen LogP contribution in [0.4, 0.5) is 0 Å². The first-order valence-electron chi connectivity index (χ1n) is 3.56. The van der Waals surface area contributed by atoms with E-state index in [1.54, 1.807) is 0 Å². The van der Waals surface area contributed by atoms with Crippen LogP contribution in [-0.2, 0) is 4.79 Å². The Morgan fingerprint density at radius 2 is 2.40 bits per heavy atom. The summed E-state index contributed by atoms with van der Waals surface area (Å²) in [6, 6.07) is 0. The molecule has 3 heteroatoms.